The molecule has 0 fully saturated rings. The number of benzene rings is 2. The molecular weight excluding hydrogens is 210 g/mol. The van der Waals surface area contributed by atoms with E-state index in [9.17, 15) is 0 Å². The van der Waals surface area contributed by atoms with E-state index < -0.39 is 0 Å². The molecule has 2 aromatic rings. The fourth-order valence-corrected chi connectivity index (χ4v) is 1.78. The van der Waals surface area contributed by atoms with Crippen LogP contribution in [0.3, 0.4) is 0 Å². The van der Waals surface area contributed by atoms with E-state index in [0.717, 1.165) is 16.8 Å². The number of oxime groups is 1. The fourth-order valence-electron chi connectivity index (χ4n) is 1.78. The average molecular weight is 225 g/mol. The highest BCUT2D eigenvalue weighted by molar-refractivity contribution is 6.13. The van der Waals surface area contributed by atoms with Crippen LogP contribution in [-0.4, -0.2) is 12.8 Å². The first kappa shape index (κ1) is 11.4. The normalized spacial score (nSPS) is 11.3. The van der Waals surface area contributed by atoms with Gasteiger partial charge in [-0.25, -0.2) is 0 Å². The summed E-state index contributed by atoms with van der Waals surface area (Å²) in [5, 5.41) is 4.14. The van der Waals surface area contributed by atoms with Crippen molar-refractivity contribution in [2.75, 3.05) is 7.11 Å². The van der Waals surface area contributed by atoms with Gasteiger partial charge in [-0.1, -0.05) is 59.8 Å². The first-order chi connectivity index (χ1) is 8.33. The molecule has 0 amide bonds. The van der Waals surface area contributed by atoms with E-state index in [-0.39, 0.29) is 0 Å². The lowest BCUT2D eigenvalue weighted by molar-refractivity contribution is 0.214. The molecule has 0 radical (unpaired) electrons. The molecule has 0 spiro atoms. The van der Waals surface area contributed by atoms with Gasteiger partial charge in [0.2, 0.25) is 0 Å². The lowest BCUT2D eigenvalue weighted by atomic mass is 9.98. The molecule has 0 atom stereocenters. The van der Waals surface area contributed by atoms with Crippen molar-refractivity contribution in [3.05, 3.63) is 71.3 Å². The minimum atomic E-state index is 0.867. The number of aryl methyl sites for hydroxylation is 1. The Labute approximate surface area is 102 Å². The van der Waals surface area contributed by atoms with Crippen molar-refractivity contribution in [1.29, 1.82) is 0 Å². The van der Waals surface area contributed by atoms with Crippen LogP contribution in [0.5, 0.6) is 0 Å². The van der Waals surface area contributed by atoms with Crippen LogP contribution in [0, 0.1) is 6.92 Å². The summed E-state index contributed by atoms with van der Waals surface area (Å²) in [5.41, 5.74) is 4.21. The minimum absolute atomic E-state index is 0.867. The van der Waals surface area contributed by atoms with Gasteiger partial charge in [-0.05, 0) is 12.5 Å². The van der Waals surface area contributed by atoms with Crippen LogP contribution in [0.25, 0.3) is 0 Å². The van der Waals surface area contributed by atoms with Gasteiger partial charge in [0.15, 0.2) is 0 Å². The third-order valence-electron chi connectivity index (χ3n) is 2.63. The molecule has 2 nitrogen and oxygen atoms in total. The second kappa shape index (κ2) is 5.30. The molecule has 2 rings (SSSR count). The first-order valence-corrected chi connectivity index (χ1v) is 5.55. The highest BCUT2D eigenvalue weighted by atomic mass is 16.6. The van der Waals surface area contributed by atoms with Gasteiger partial charge >= 0.3 is 0 Å². The van der Waals surface area contributed by atoms with Crippen LogP contribution in [0.2, 0.25) is 0 Å². The Kier molecular flexibility index (Phi) is 3.55. The zero-order valence-electron chi connectivity index (χ0n) is 10.1. The number of rotatable bonds is 3. The largest absolute Gasteiger partial charge is 0.399 e. The third kappa shape index (κ3) is 2.53. The second-order valence-electron chi connectivity index (χ2n) is 3.80. The van der Waals surface area contributed by atoms with Crippen molar-refractivity contribution in [2.45, 2.75) is 6.92 Å². The van der Waals surface area contributed by atoms with E-state index in [1.54, 1.807) is 7.11 Å². The van der Waals surface area contributed by atoms with Crippen molar-refractivity contribution < 1.29 is 4.84 Å². The van der Waals surface area contributed by atoms with Crippen LogP contribution >= 0.6 is 0 Å². The quantitative estimate of drug-likeness (QED) is 0.579. The monoisotopic (exact) mass is 225 g/mol. The summed E-state index contributed by atoms with van der Waals surface area (Å²) >= 11 is 0. The Hall–Kier alpha value is -2.09. The molecule has 0 aliphatic carbocycles. The topological polar surface area (TPSA) is 21.6 Å². The average Bonchev–Trinajstić information content (AvgIpc) is 2.38. The summed E-state index contributed by atoms with van der Waals surface area (Å²) in [6.45, 7) is 2.07. The summed E-state index contributed by atoms with van der Waals surface area (Å²) in [7, 11) is 1.57. The molecule has 2 heteroatoms. The van der Waals surface area contributed by atoms with Crippen LogP contribution in [0.1, 0.15) is 16.7 Å². The Balaban J connectivity index is 2.52. The molecule has 2 aromatic carbocycles. The van der Waals surface area contributed by atoms with Crippen LogP contribution in [-0.2, 0) is 4.84 Å². The molecular formula is C15H15NO. The number of nitrogens with zero attached hydrogens (tertiary/aromatic N) is 1. The van der Waals surface area contributed by atoms with E-state index in [1.165, 1.54) is 5.56 Å². The van der Waals surface area contributed by atoms with Crippen molar-refractivity contribution in [3.63, 3.8) is 0 Å². The molecule has 86 valence electrons. The van der Waals surface area contributed by atoms with E-state index in [2.05, 4.69) is 24.2 Å². The molecule has 0 saturated heterocycles. The smallest absolute Gasteiger partial charge is 0.117 e. The van der Waals surface area contributed by atoms with Gasteiger partial charge in [0.25, 0.3) is 0 Å². The maximum atomic E-state index is 4.96. The molecule has 0 saturated carbocycles. The van der Waals surface area contributed by atoms with Gasteiger partial charge in [0.1, 0.15) is 12.8 Å². The maximum absolute atomic E-state index is 4.96. The third-order valence-corrected chi connectivity index (χ3v) is 2.63. The molecule has 0 aromatic heterocycles. The van der Waals surface area contributed by atoms with E-state index in [4.69, 9.17) is 4.84 Å². The zero-order chi connectivity index (χ0) is 12.1. The highest BCUT2D eigenvalue weighted by Gasteiger charge is 2.09. The van der Waals surface area contributed by atoms with Crippen molar-refractivity contribution >= 4 is 5.71 Å². The Morgan fingerprint density at radius 3 is 2.24 bits per heavy atom. The second-order valence-corrected chi connectivity index (χ2v) is 3.80. The Morgan fingerprint density at radius 2 is 1.59 bits per heavy atom. The van der Waals surface area contributed by atoms with Gasteiger partial charge in [-0.3, -0.25) is 0 Å². The maximum Gasteiger partial charge on any atom is 0.117 e. The van der Waals surface area contributed by atoms with Crippen molar-refractivity contribution in [1.82, 2.24) is 0 Å². The lowest BCUT2D eigenvalue weighted by Crippen LogP contribution is -2.05. The highest BCUT2D eigenvalue weighted by Crippen LogP contribution is 2.15. The van der Waals surface area contributed by atoms with Gasteiger partial charge in [-0.15, -0.1) is 0 Å². The van der Waals surface area contributed by atoms with Gasteiger partial charge in [-0.2, -0.15) is 0 Å². The van der Waals surface area contributed by atoms with E-state index in [1.807, 2.05) is 42.5 Å². The van der Waals surface area contributed by atoms with E-state index >= 15 is 0 Å². The predicted molar refractivity (Wildman–Crippen MR) is 70.3 cm³/mol. The summed E-state index contributed by atoms with van der Waals surface area (Å²) in [6.07, 6.45) is 0. The summed E-state index contributed by atoms with van der Waals surface area (Å²) in [4.78, 5) is 4.96. The molecule has 0 N–H and O–H groups in total. The number of hydrogen-bond donors (Lipinski definition) is 0. The van der Waals surface area contributed by atoms with Crippen LogP contribution in [0.4, 0.5) is 0 Å². The minimum Gasteiger partial charge on any atom is -0.399 e. The molecule has 0 heterocycles. The van der Waals surface area contributed by atoms with Crippen molar-refractivity contribution in [3.8, 4) is 0 Å². The van der Waals surface area contributed by atoms with Crippen LogP contribution < -0.4 is 0 Å². The lowest BCUT2D eigenvalue weighted by Gasteiger charge is -2.08. The summed E-state index contributed by atoms with van der Waals surface area (Å²) < 4.78 is 0. The molecule has 0 aliphatic heterocycles. The van der Waals surface area contributed by atoms with Crippen molar-refractivity contribution in [2.24, 2.45) is 5.16 Å². The Morgan fingerprint density at radius 1 is 0.941 bits per heavy atom. The van der Waals surface area contributed by atoms with Crippen LogP contribution in [0.15, 0.2) is 59.8 Å². The number of hydrogen-bond acceptors (Lipinski definition) is 2. The van der Waals surface area contributed by atoms with Gasteiger partial charge in [0.05, 0.1) is 0 Å². The van der Waals surface area contributed by atoms with E-state index in [0.29, 0.717) is 0 Å². The first-order valence-electron chi connectivity index (χ1n) is 5.55. The molecule has 0 unspecified atom stereocenters. The standard InChI is InChI=1S/C15H15NO/c1-12-8-6-7-11-14(12)15(16-17-2)13-9-4-3-5-10-13/h3-11H,1-2H3/b16-15-. The SMILES string of the molecule is CO/N=C(/c1ccccc1)c1ccccc1C. The van der Waals surface area contributed by atoms with Gasteiger partial charge in [0, 0.05) is 11.1 Å². The zero-order valence-corrected chi connectivity index (χ0v) is 10.1. The fraction of sp³-hybridized carbons (Fsp3) is 0.133. The molecule has 17 heavy (non-hydrogen) atoms. The Bertz CT molecular complexity index is 517. The summed E-state index contributed by atoms with van der Waals surface area (Å²) in [5.74, 6) is 0. The summed E-state index contributed by atoms with van der Waals surface area (Å²) in [6, 6.07) is 18.2. The molecule has 0 aliphatic rings. The predicted octanol–water partition coefficient (Wildman–Crippen LogP) is 3.39. The molecule has 0 bridgehead atoms. The van der Waals surface area contributed by atoms with Gasteiger partial charge < -0.3 is 4.84 Å².